The van der Waals surface area contributed by atoms with Gasteiger partial charge in [0.2, 0.25) is 5.91 Å². The minimum Gasteiger partial charge on any atom is -0.481 e. The second kappa shape index (κ2) is 8.08. The molecule has 18 heavy (non-hydrogen) atoms. The van der Waals surface area contributed by atoms with Gasteiger partial charge in [-0.05, 0) is 25.8 Å². The quantitative estimate of drug-likeness (QED) is 0.669. The number of hydrogen-bond acceptors (Lipinski definition) is 3. The Morgan fingerprint density at radius 2 is 2.17 bits per heavy atom. The Morgan fingerprint density at radius 1 is 1.39 bits per heavy atom. The summed E-state index contributed by atoms with van der Waals surface area (Å²) in [4.78, 5) is 22.8. The number of rotatable bonds is 6. The topological polar surface area (TPSA) is 78.4 Å². The van der Waals surface area contributed by atoms with E-state index in [2.05, 4.69) is 10.6 Å². The highest BCUT2D eigenvalue weighted by Crippen LogP contribution is 2.10. The average Bonchev–Trinajstić information content (AvgIpc) is 2.56. The standard InChI is InChI=1S/C13H24N2O3/c1-2-6-10(9-12(16)17)15-13(18)11-7-4-3-5-8-14-11/h10-11,14H,2-9H2,1H3,(H,15,18)(H,16,17). The summed E-state index contributed by atoms with van der Waals surface area (Å²) in [5.74, 6) is -0.904. The average molecular weight is 256 g/mol. The number of aliphatic carboxylic acids is 1. The first-order valence-electron chi connectivity index (χ1n) is 6.89. The van der Waals surface area contributed by atoms with Crippen molar-refractivity contribution >= 4 is 11.9 Å². The molecule has 1 aliphatic heterocycles. The van der Waals surface area contributed by atoms with E-state index in [9.17, 15) is 9.59 Å². The lowest BCUT2D eigenvalue weighted by molar-refractivity contribution is -0.137. The normalized spacial score (nSPS) is 21.9. The van der Waals surface area contributed by atoms with Crippen LogP contribution in [0.1, 0.15) is 51.9 Å². The first kappa shape index (κ1) is 15.0. The van der Waals surface area contributed by atoms with E-state index in [1.807, 2.05) is 6.92 Å². The molecule has 0 aromatic rings. The Morgan fingerprint density at radius 3 is 2.83 bits per heavy atom. The highest BCUT2D eigenvalue weighted by molar-refractivity contribution is 5.82. The summed E-state index contributed by atoms with van der Waals surface area (Å²) < 4.78 is 0. The van der Waals surface area contributed by atoms with E-state index in [0.717, 1.165) is 38.6 Å². The number of carboxylic acids is 1. The van der Waals surface area contributed by atoms with Crippen molar-refractivity contribution in [3.05, 3.63) is 0 Å². The van der Waals surface area contributed by atoms with Crippen molar-refractivity contribution in [2.75, 3.05) is 6.54 Å². The number of amides is 1. The Bertz CT molecular complexity index is 273. The van der Waals surface area contributed by atoms with Crippen LogP contribution in [0.15, 0.2) is 0 Å². The molecule has 104 valence electrons. The van der Waals surface area contributed by atoms with Crippen LogP contribution in [-0.2, 0) is 9.59 Å². The molecule has 1 fully saturated rings. The van der Waals surface area contributed by atoms with Crippen molar-refractivity contribution in [1.82, 2.24) is 10.6 Å². The predicted molar refractivity (Wildman–Crippen MR) is 69.4 cm³/mol. The van der Waals surface area contributed by atoms with Crippen LogP contribution < -0.4 is 10.6 Å². The molecule has 2 unspecified atom stereocenters. The van der Waals surface area contributed by atoms with Gasteiger partial charge in [-0.3, -0.25) is 9.59 Å². The molecule has 0 aliphatic carbocycles. The largest absolute Gasteiger partial charge is 0.481 e. The molecule has 0 aromatic heterocycles. The van der Waals surface area contributed by atoms with Gasteiger partial charge in [-0.15, -0.1) is 0 Å². The van der Waals surface area contributed by atoms with Crippen molar-refractivity contribution in [2.24, 2.45) is 0 Å². The van der Waals surface area contributed by atoms with Gasteiger partial charge < -0.3 is 15.7 Å². The molecule has 5 nitrogen and oxygen atoms in total. The molecule has 1 heterocycles. The third-order valence-corrected chi connectivity index (χ3v) is 3.28. The molecule has 0 aromatic carbocycles. The Balaban J connectivity index is 2.45. The van der Waals surface area contributed by atoms with Gasteiger partial charge in [0.05, 0.1) is 12.5 Å². The van der Waals surface area contributed by atoms with Gasteiger partial charge in [0.1, 0.15) is 0 Å². The first-order valence-corrected chi connectivity index (χ1v) is 6.89. The third kappa shape index (κ3) is 5.49. The number of carbonyl (C=O) groups excluding carboxylic acids is 1. The molecule has 3 N–H and O–H groups in total. The van der Waals surface area contributed by atoms with Crippen molar-refractivity contribution in [3.63, 3.8) is 0 Å². The maximum atomic E-state index is 12.1. The van der Waals surface area contributed by atoms with Crippen LogP contribution in [0.3, 0.4) is 0 Å². The number of carbonyl (C=O) groups is 2. The summed E-state index contributed by atoms with van der Waals surface area (Å²) in [7, 11) is 0. The zero-order valence-corrected chi connectivity index (χ0v) is 11.1. The molecule has 1 rings (SSSR count). The van der Waals surface area contributed by atoms with Gasteiger partial charge in [-0.25, -0.2) is 0 Å². The maximum Gasteiger partial charge on any atom is 0.305 e. The smallest absolute Gasteiger partial charge is 0.305 e. The molecule has 2 atom stereocenters. The van der Waals surface area contributed by atoms with Crippen LogP contribution in [0.4, 0.5) is 0 Å². The molecule has 1 saturated heterocycles. The third-order valence-electron chi connectivity index (χ3n) is 3.28. The van der Waals surface area contributed by atoms with E-state index in [1.54, 1.807) is 0 Å². The second-order valence-electron chi connectivity index (χ2n) is 4.95. The second-order valence-corrected chi connectivity index (χ2v) is 4.95. The fourth-order valence-electron chi connectivity index (χ4n) is 2.34. The summed E-state index contributed by atoms with van der Waals surface area (Å²) >= 11 is 0. The van der Waals surface area contributed by atoms with Crippen molar-refractivity contribution in [1.29, 1.82) is 0 Å². The zero-order valence-electron chi connectivity index (χ0n) is 11.1. The molecule has 0 radical (unpaired) electrons. The zero-order chi connectivity index (χ0) is 13.4. The van der Waals surface area contributed by atoms with E-state index < -0.39 is 5.97 Å². The lowest BCUT2D eigenvalue weighted by atomic mass is 10.1. The fourth-order valence-corrected chi connectivity index (χ4v) is 2.34. The highest BCUT2D eigenvalue weighted by Gasteiger charge is 2.22. The minimum atomic E-state index is -0.859. The van der Waals surface area contributed by atoms with Gasteiger partial charge in [0.15, 0.2) is 0 Å². The first-order chi connectivity index (χ1) is 8.63. The lowest BCUT2D eigenvalue weighted by Gasteiger charge is -2.21. The van der Waals surface area contributed by atoms with E-state index in [0.29, 0.717) is 6.42 Å². The Kier molecular flexibility index (Phi) is 6.72. The fraction of sp³-hybridized carbons (Fsp3) is 0.846. The van der Waals surface area contributed by atoms with Gasteiger partial charge >= 0.3 is 5.97 Å². The van der Waals surface area contributed by atoms with E-state index in [1.165, 1.54) is 0 Å². The van der Waals surface area contributed by atoms with Gasteiger partial charge in [-0.1, -0.05) is 26.2 Å². The highest BCUT2D eigenvalue weighted by atomic mass is 16.4. The summed E-state index contributed by atoms with van der Waals surface area (Å²) in [6.45, 7) is 2.86. The van der Waals surface area contributed by atoms with Crippen molar-refractivity contribution in [3.8, 4) is 0 Å². The maximum absolute atomic E-state index is 12.1. The predicted octanol–water partition coefficient (Wildman–Crippen LogP) is 1.28. The molecular formula is C13H24N2O3. The van der Waals surface area contributed by atoms with Crippen LogP contribution in [0.2, 0.25) is 0 Å². The van der Waals surface area contributed by atoms with Crippen LogP contribution in [0, 0.1) is 0 Å². The minimum absolute atomic E-state index is 0.00625. The van der Waals surface area contributed by atoms with Gasteiger partial charge in [0, 0.05) is 6.04 Å². The molecule has 1 aliphatic rings. The van der Waals surface area contributed by atoms with Gasteiger partial charge in [0.25, 0.3) is 0 Å². The molecule has 5 heteroatoms. The lowest BCUT2D eigenvalue weighted by Crippen LogP contribution is -2.48. The van der Waals surface area contributed by atoms with Crippen LogP contribution in [0.25, 0.3) is 0 Å². The monoisotopic (exact) mass is 256 g/mol. The van der Waals surface area contributed by atoms with Crippen molar-refractivity contribution < 1.29 is 14.7 Å². The van der Waals surface area contributed by atoms with Crippen LogP contribution in [0.5, 0.6) is 0 Å². The Hall–Kier alpha value is -1.10. The van der Waals surface area contributed by atoms with Crippen LogP contribution >= 0.6 is 0 Å². The van der Waals surface area contributed by atoms with Gasteiger partial charge in [-0.2, -0.15) is 0 Å². The summed E-state index contributed by atoms with van der Waals surface area (Å²) in [6.07, 6.45) is 5.76. The van der Waals surface area contributed by atoms with E-state index in [-0.39, 0.29) is 24.4 Å². The SMILES string of the molecule is CCCC(CC(=O)O)NC(=O)C1CCCCCN1. The molecule has 0 saturated carbocycles. The van der Waals surface area contributed by atoms with Crippen LogP contribution in [-0.4, -0.2) is 35.6 Å². The summed E-state index contributed by atoms with van der Waals surface area (Å²) in [6, 6.07) is -0.397. The number of nitrogens with one attached hydrogen (secondary N) is 2. The van der Waals surface area contributed by atoms with E-state index >= 15 is 0 Å². The van der Waals surface area contributed by atoms with Crippen molar-refractivity contribution in [2.45, 2.75) is 64.0 Å². The molecule has 0 spiro atoms. The Labute approximate surface area is 108 Å². The summed E-state index contributed by atoms with van der Waals surface area (Å²) in [5, 5.41) is 14.9. The number of carboxylic acid groups (broad SMARTS) is 1. The molecule has 0 bridgehead atoms. The number of hydrogen-bond donors (Lipinski definition) is 3. The van der Waals surface area contributed by atoms with E-state index in [4.69, 9.17) is 5.11 Å². The molecule has 1 amide bonds. The summed E-state index contributed by atoms with van der Waals surface area (Å²) in [5.41, 5.74) is 0. The molecular weight excluding hydrogens is 232 g/mol.